The summed E-state index contributed by atoms with van der Waals surface area (Å²) in [6.45, 7) is 9.92. The van der Waals surface area contributed by atoms with Gasteiger partial charge >= 0.3 is 12.1 Å². The molecular weight excluding hydrogens is 575 g/mol. The highest BCUT2D eigenvalue weighted by molar-refractivity contribution is 7.09. The average Bonchev–Trinajstić information content (AvgIpc) is 3.38. The van der Waals surface area contributed by atoms with E-state index in [0.29, 0.717) is 36.8 Å². The maximum absolute atomic E-state index is 13.7. The lowest BCUT2D eigenvalue weighted by Crippen LogP contribution is -2.40. The first kappa shape index (κ1) is 31.9. The highest BCUT2D eigenvalue weighted by Gasteiger charge is 2.20. The number of nitrogens with zero attached hydrogens (tertiary/aromatic N) is 3. The van der Waals surface area contributed by atoms with Crippen molar-refractivity contribution in [3.05, 3.63) is 70.4 Å². The molecule has 0 atom stereocenters. The predicted molar refractivity (Wildman–Crippen MR) is 164 cm³/mol. The number of hydrogen-bond acceptors (Lipinski definition) is 8. The summed E-state index contributed by atoms with van der Waals surface area (Å²) in [5.74, 6) is -0.895. The number of thiophene rings is 1. The van der Waals surface area contributed by atoms with Gasteiger partial charge in [-0.3, -0.25) is 20.0 Å². The van der Waals surface area contributed by atoms with Gasteiger partial charge in [-0.25, -0.2) is 14.0 Å². The van der Waals surface area contributed by atoms with Crippen LogP contribution in [0.4, 0.5) is 31.0 Å². The zero-order valence-corrected chi connectivity index (χ0v) is 25.3. The van der Waals surface area contributed by atoms with Crippen molar-refractivity contribution in [1.29, 1.82) is 0 Å². The van der Waals surface area contributed by atoms with Crippen molar-refractivity contribution in [2.45, 2.75) is 39.3 Å². The third-order valence-electron chi connectivity index (χ3n) is 6.35. The van der Waals surface area contributed by atoms with Gasteiger partial charge in [0, 0.05) is 55.4 Å². The van der Waals surface area contributed by atoms with Crippen LogP contribution >= 0.6 is 11.3 Å². The van der Waals surface area contributed by atoms with Crippen molar-refractivity contribution in [2.24, 2.45) is 0 Å². The van der Waals surface area contributed by atoms with Crippen molar-refractivity contribution in [1.82, 2.24) is 14.8 Å². The van der Waals surface area contributed by atoms with Crippen LogP contribution < -0.4 is 16.0 Å². The minimum atomic E-state index is -0.659. The molecule has 1 aromatic carbocycles. The molecule has 3 heterocycles. The smallest absolute Gasteiger partial charge is 0.412 e. The summed E-state index contributed by atoms with van der Waals surface area (Å²) in [6, 6.07) is 8.69. The molecule has 0 unspecified atom stereocenters. The number of anilines is 3. The predicted octanol–water partition coefficient (Wildman–Crippen LogP) is 5.64. The lowest BCUT2D eigenvalue weighted by atomic mass is 10.2. The second-order valence-corrected chi connectivity index (χ2v) is 11.7. The molecule has 3 aromatic rings. The Bertz CT molecular complexity index is 1390. The van der Waals surface area contributed by atoms with Crippen LogP contribution in [0.25, 0.3) is 0 Å². The summed E-state index contributed by atoms with van der Waals surface area (Å²) >= 11 is 1.31. The zero-order chi connectivity index (χ0) is 30.8. The number of amides is 4. The van der Waals surface area contributed by atoms with E-state index in [-0.39, 0.29) is 18.3 Å². The Hall–Kier alpha value is -4.07. The van der Waals surface area contributed by atoms with Crippen LogP contribution in [0.15, 0.2) is 53.4 Å². The van der Waals surface area contributed by atoms with Crippen LogP contribution in [0.5, 0.6) is 0 Å². The molecule has 4 rings (SSSR count). The number of carbonyl (C=O) groups excluding carboxylic acids is 3. The third kappa shape index (κ3) is 10.3. The van der Waals surface area contributed by atoms with Gasteiger partial charge in [0.05, 0.1) is 24.6 Å². The molecule has 1 fully saturated rings. The summed E-state index contributed by atoms with van der Waals surface area (Å²) in [4.78, 5) is 46.5. The normalized spacial score (nSPS) is 13.7. The fourth-order valence-electron chi connectivity index (χ4n) is 4.29. The fraction of sp³-hybridized carbons (Fsp3) is 0.400. The van der Waals surface area contributed by atoms with E-state index in [2.05, 4.69) is 25.8 Å². The van der Waals surface area contributed by atoms with Gasteiger partial charge in [0.1, 0.15) is 17.1 Å². The van der Waals surface area contributed by atoms with Gasteiger partial charge in [0.2, 0.25) is 0 Å². The number of pyridine rings is 1. The molecule has 0 bridgehead atoms. The number of morpholine rings is 1. The maximum atomic E-state index is 13.7. The Kier molecular flexibility index (Phi) is 11.0. The summed E-state index contributed by atoms with van der Waals surface area (Å²) in [6.07, 6.45) is 1.66. The van der Waals surface area contributed by atoms with Crippen LogP contribution in [0, 0.1) is 5.82 Å². The number of benzene rings is 1. The van der Waals surface area contributed by atoms with Crippen molar-refractivity contribution in [3.8, 4) is 0 Å². The first-order valence-corrected chi connectivity index (χ1v) is 14.9. The van der Waals surface area contributed by atoms with E-state index in [4.69, 9.17) is 9.47 Å². The van der Waals surface area contributed by atoms with E-state index in [9.17, 15) is 18.8 Å². The van der Waals surface area contributed by atoms with Gasteiger partial charge in [0.25, 0.3) is 5.91 Å². The molecule has 0 radical (unpaired) electrons. The van der Waals surface area contributed by atoms with Crippen LogP contribution in [-0.2, 0) is 16.0 Å². The Balaban J connectivity index is 1.38. The van der Waals surface area contributed by atoms with Gasteiger partial charge < -0.3 is 25.0 Å². The third-order valence-corrected chi connectivity index (χ3v) is 7.09. The number of urea groups is 1. The molecule has 3 N–H and O–H groups in total. The minimum Gasteiger partial charge on any atom is -0.444 e. The van der Waals surface area contributed by atoms with Crippen molar-refractivity contribution in [3.63, 3.8) is 0 Å². The van der Waals surface area contributed by atoms with E-state index in [1.165, 1.54) is 29.5 Å². The SMILES string of the molecule is CC(C)(C)OC(=O)Nc1cscc1NC(=O)c1ccc(CN(CCCN2CCOCC2)C(=O)Nc2cccc(F)c2)cn1. The van der Waals surface area contributed by atoms with Gasteiger partial charge in [-0.05, 0) is 57.0 Å². The molecule has 43 heavy (non-hydrogen) atoms. The second kappa shape index (κ2) is 14.9. The summed E-state index contributed by atoms with van der Waals surface area (Å²) < 4.78 is 24.4. The number of rotatable bonds is 10. The number of aromatic nitrogens is 1. The molecule has 4 amide bonds. The van der Waals surface area contributed by atoms with Crippen molar-refractivity contribution < 1.29 is 28.2 Å². The fourth-order valence-corrected chi connectivity index (χ4v) is 5.01. The van der Waals surface area contributed by atoms with E-state index < -0.39 is 23.4 Å². The van der Waals surface area contributed by atoms with Crippen molar-refractivity contribution >= 4 is 46.4 Å². The van der Waals surface area contributed by atoms with E-state index >= 15 is 0 Å². The second-order valence-electron chi connectivity index (χ2n) is 11.0. The van der Waals surface area contributed by atoms with Crippen molar-refractivity contribution in [2.75, 3.05) is 55.3 Å². The Morgan fingerprint density at radius 2 is 1.81 bits per heavy atom. The molecular formula is C30H37FN6O5S. The van der Waals surface area contributed by atoms with Crippen LogP contribution in [0.2, 0.25) is 0 Å². The monoisotopic (exact) mass is 612 g/mol. The number of carbonyl (C=O) groups is 3. The van der Waals surface area contributed by atoms with Gasteiger partial charge in [-0.2, -0.15) is 0 Å². The van der Waals surface area contributed by atoms with Gasteiger partial charge in [-0.15, -0.1) is 11.3 Å². The highest BCUT2D eigenvalue weighted by Crippen LogP contribution is 2.27. The molecule has 1 aliphatic heterocycles. The first-order chi connectivity index (χ1) is 20.6. The van der Waals surface area contributed by atoms with E-state index in [1.807, 2.05) is 0 Å². The molecule has 1 aliphatic rings. The molecule has 0 saturated carbocycles. The lowest BCUT2D eigenvalue weighted by molar-refractivity contribution is 0.0365. The highest BCUT2D eigenvalue weighted by atomic mass is 32.1. The molecule has 2 aromatic heterocycles. The van der Waals surface area contributed by atoms with Gasteiger partial charge in [-0.1, -0.05) is 12.1 Å². The van der Waals surface area contributed by atoms with E-state index in [1.54, 1.807) is 60.8 Å². The zero-order valence-electron chi connectivity index (χ0n) is 24.5. The Morgan fingerprint density at radius 1 is 1.07 bits per heavy atom. The van der Waals surface area contributed by atoms with Crippen LogP contribution in [-0.4, -0.2) is 77.8 Å². The molecule has 0 spiro atoms. The number of nitrogens with one attached hydrogen (secondary N) is 3. The van der Waals surface area contributed by atoms with Crippen LogP contribution in [0.3, 0.4) is 0 Å². The summed E-state index contributed by atoms with van der Waals surface area (Å²) in [5, 5.41) is 11.6. The quantitative estimate of drug-likeness (QED) is 0.271. The summed E-state index contributed by atoms with van der Waals surface area (Å²) in [7, 11) is 0. The molecule has 0 aliphatic carbocycles. The number of hydrogen-bond donors (Lipinski definition) is 3. The summed E-state index contributed by atoms with van der Waals surface area (Å²) in [5.41, 5.74) is 1.44. The minimum absolute atomic E-state index is 0.168. The Morgan fingerprint density at radius 3 is 2.49 bits per heavy atom. The lowest BCUT2D eigenvalue weighted by Gasteiger charge is -2.28. The Labute approximate surface area is 254 Å². The maximum Gasteiger partial charge on any atom is 0.412 e. The molecule has 1 saturated heterocycles. The standard InChI is InChI=1S/C30H37FN6O5S/c1-30(2,3)42-29(40)35-26-20-43-19-25(26)34-27(38)24-9-8-21(17-32-24)18-37(11-5-10-36-12-14-41-15-13-36)28(39)33-23-7-4-6-22(31)16-23/h4,6-9,16-17,19-20H,5,10-15,18H2,1-3H3,(H,33,39)(H,34,38)(H,35,40). The number of halogens is 1. The topological polar surface area (TPSA) is 125 Å². The average molecular weight is 613 g/mol. The van der Waals surface area contributed by atoms with Gasteiger partial charge in [0.15, 0.2) is 0 Å². The van der Waals surface area contributed by atoms with E-state index in [0.717, 1.165) is 31.6 Å². The first-order valence-electron chi connectivity index (χ1n) is 14.0. The largest absolute Gasteiger partial charge is 0.444 e. The number of ether oxygens (including phenoxy) is 2. The molecule has 11 nitrogen and oxygen atoms in total. The molecule has 230 valence electrons. The van der Waals surface area contributed by atoms with Crippen LogP contribution in [0.1, 0.15) is 43.2 Å². The molecule has 13 heteroatoms.